The van der Waals surface area contributed by atoms with Gasteiger partial charge in [-0.3, -0.25) is 4.98 Å². The van der Waals surface area contributed by atoms with E-state index in [-0.39, 0.29) is 5.82 Å². The first kappa shape index (κ1) is 25.0. The molecular formula is C28H37FN6. The molecule has 5 rings (SSSR count). The second kappa shape index (κ2) is 11.1. The van der Waals surface area contributed by atoms with Crippen LogP contribution in [0.1, 0.15) is 45.7 Å². The van der Waals surface area contributed by atoms with Crippen molar-refractivity contribution in [1.82, 2.24) is 24.5 Å². The molecule has 1 fully saturated rings. The summed E-state index contributed by atoms with van der Waals surface area (Å²) in [6.45, 7) is 13.3. The summed E-state index contributed by atoms with van der Waals surface area (Å²) in [7, 11) is 2.19. The topological polar surface area (TPSA) is 49.6 Å². The van der Waals surface area contributed by atoms with Crippen molar-refractivity contribution in [2.24, 2.45) is 5.92 Å². The van der Waals surface area contributed by atoms with Gasteiger partial charge in [0.1, 0.15) is 5.82 Å². The van der Waals surface area contributed by atoms with Crippen LogP contribution in [0.25, 0.3) is 27.7 Å². The maximum absolute atomic E-state index is 13.8. The van der Waals surface area contributed by atoms with Gasteiger partial charge < -0.3 is 9.80 Å². The molecule has 1 aliphatic heterocycles. The summed E-state index contributed by atoms with van der Waals surface area (Å²) in [4.78, 5) is 13.8. The van der Waals surface area contributed by atoms with Gasteiger partial charge in [0.2, 0.25) is 0 Å². The van der Waals surface area contributed by atoms with Crippen molar-refractivity contribution in [2.75, 3.05) is 38.1 Å². The van der Waals surface area contributed by atoms with Crippen molar-refractivity contribution in [3.05, 3.63) is 54.4 Å². The quantitative estimate of drug-likeness (QED) is 0.329. The molecule has 0 unspecified atom stereocenters. The van der Waals surface area contributed by atoms with E-state index in [1.54, 1.807) is 16.8 Å². The van der Waals surface area contributed by atoms with Gasteiger partial charge in [-0.2, -0.15) is 5.10 Å². The number of unbranched alkanes of at least 4 members (excludes halogenated alkanes) is 1. The number of nitrogens with zero attached hydrogens (tertiary/aromatic N) is 6. The van der Waals surface area contributed by atoms with Crippen LogP contribution in [-0.4, -0.2) is 57.7 Å². The van der Waals surface area contributed by atoms with Gasteiger partial charge in [-0.05, 0) is 75.6 Å². The molecular weight excluding hydrogens is 439 g/mol. The minimum Gasteiger partial charge on any atom is -0.368 e. The third kappa shape index (κ3) is 5.78. The third-order valence-electron chi connectivity index (χ3n) is 6.46. The fourth-order valence-corrected chi connectivity index (χ4v) is 4.60. The first-order chi connectivity index (χ1) is 16.9. The van der Waals surface area contributed by atoms with Crippen LogP contribution < -0.4 is 4.90 Å². The molecule has 4 heterocycles. The Hall–Kier alpha value is -3.06. The highest BCUT2D eigenvalue weighted by Crippen LogP contribution is 2.32. The highest BCUT2D eigenvalue weighted by molar-refractivity contribution is 5.98. The number of halogens is 1. The van der Waals surface area contributed by atoms with Gasteiger partial charge in [0, 0.05) is 29.7 Å². The smallest absolute Gasteiger partial charge is 0.162 e. The number of fused-ring (bicyclic) bond motifs is 2. The molecule has 7 heteroatoms. The molecule has 0 saturated carbocycles. The van der Waals surface area contributed by atoms with Crippen molar-refractivity contribution >= 4 is 22.2 Å². The average molecular weight is 477 g/mol. The van der Waals surface area contributed by atoms with E-state index in [9.17, 15) is 4.39 Å². The number of hydrogen-bond donors (Lipinski definition) is 0. The molecule has 186 valence electrons. The summed E-state index contributed by atoms with van der Waals surface area (Å²) in [5.41, 5.74) is 5.27. The number of pyridine rings is 1. The molecule has 0 amide bonds. The van der Waals surface area contributed by atoms with E-state index in [4.69, 9.17) is 0 Å². The van der Waals surface area contributed by atoms with Crippen molar-refractivity contribution in [2.45, 2.75) is 47.0 Å². The van der Waals surface area contributed by atoms with Gasteiger partial charge in [0.05, 0.1) is 29.8 Å². The summed E-state index contributed by atoms with van der Waals surface area (Å²) >= 11 is 0. The maximum atomic E-state index is 13.8. The van der Waals surface area contributed by atoms with Crippen LogP contribution in [0, 0.1) is 18.7 Å². The van der Waals surface area contributed by atoms with Crippen LogP contribution in [0.2, 0.25) is 0 Å². The monoisotopic (exact) mass is 476 g/mol. The lowest BCUT2D eigenvalue weighted by Gasteiger charge is -2.38. The predicted octanol–water partition coefficient (Wildman–Crippen LogP) is 5.98. The SMILES string of the molecule is CCCCN(C)CCC.Cc1cc(-c2cnn3cc(N4CC(C)C4)cnc23)c2cc(F)ccc2n1. The number of rotatable bonds is 7. The van der Waals surface area contributed by atoms with E-state index in [0.717, 1.165) is 58.1 Å². The van der Waals surface area contributed by atoms with Crippen LogP contribution in [0.3, 0.4) is 0 Å². The number of hydrogen-bond acceptors (Lipinski definition) is 5. The van der Waals surface area contributed by atoms with E-state index in [2.05, 4.69) is 52.7 Å². The molecule has 4 aromatic rings. The second-order valence-corrected chi connectivity index (χ2v) is 9.78. The van der Waals surface area contributed by atoms with Crippen LogP contribution >= 0.6 is 0 Å². The van der Waals surface area contributed by atoms with Gasteiger partial charge in [-0.15, -0.1) is 0 Å². The zero-order chi connectivity index (χ0) is 24.9. The van der Waals surface area contributed by atoms with Crippen molar-refractivity contribution in [1.29, 1.82) is 0 Å². The molecule has 0 aliphatic carbocycles. The Morgan fingerprint density at radius 2 is 1.86 bits per heavy atom. The van der Waals surface area contributed by atoms with Crippen molar-refractivity contribution in [3.63, 3.8) is 0 Å². The van der Waals surface area contributed by atoms with Crippen molar-refractivity contribution in [3.8, 4) is 11.1 Å². The molecule has 1 aliphatic rings. The summed E-state index contributed by atoms with van der Waals surface area (Å²) in [6.07, 6.45) is 9.63. The fraction of sp³-hybridized carbons (Fsp3) is 0.464. The molecule has 0 N–H and O–H groups in total. The summed E-state index contributed by atoms with van der Waals surface area (Å²) in [5, 5.41) is 5.26. The first-order valence-corrected chi connectivity index (χ1v) is 12.7. The Morgan fingerprint density at radius 1 is 1.06 bits per heavy atom. The standard InChI is InChI=1S/C20H18FN5.C8H19N/c1-12-9-25(10-12)15-7-22-20-18(8-23-26(20)11-15)16-5-13(2)24-19-4-3-14(21)6-17(16)19;1-4-6-8-9(3)7-5-2/h3-8,11-12H,9-10H2,1-2H3;4-8H2,1-3H3. The fourth-order valence-electron chi connectivity index (χ4n) is 4.60. The zero-order valence-electron chi connectivity index (χ0n) is 21.6. The number of anilines is 1. The number of aryl methyl sites for hydroxylation is 1. The zero-order valence-corrected chi connectivity index (χ0v) is 21.6. The minimum absolute atomic E-state index is 0.275. The van der Waals surface area contributed by atoms with E-state index in [1.807, 2.05) is 25.4 Å². The highest BCUT2D eigenvalue weighted by atomic mass is 19.1. The summed E-state index contributed by atoms with van der Waals surface area (Å²) in [6, 6.07) is 6.64. The molecule has 1 aromatic carbocycles. The van der Waals surface area contributed by atoms with Crippen LogP contribution in [0.5, 0.6) is 0 Å². The summed E-state index contributed by atoms with van der Waals surface area (Å²) < 4.78 is 15.6. The van der Waals surface area contributed by atoms with Gasteiger partial charge in [-0.1, -0.05) is 27.2 Å². The van der Waals surface area contributed by atoms with Crippen LogP contribution in [-0.2, 0) is 0 Å². The molecule has 0 atom stereocenters. The predicted molar refractivity (Wildman–Crippen MR) is 142 cm³/mol. The van der Waals surface area contributed by atoms with E-state index in [0.29, 0.717) is 0 Å². The molecule has 3 aromatic heterocycles. The highest BCUT2D eigenvalue weighted by Gasteiger charge is 2.23. The number of benzene rings is 1. The maximum Gasteiger partial charge on any atom is 0.162 e. The van der Waals surface area contributed by atoms with Gasteiger partial charge in [0.25, 0.3) is 0 Å². The Balaban J connectivity index is 0.000000277. The number of aromatic nitrogens is 4. The summed E-state index contributed by atoms with van der Waals surface area (Å²) in [5.74, 6) is 0.447. The molecule has 0 bridgehead atoms. The Labute approximate surface area is 207 Å². The normalized spacial score (nSPS) is 13.9. The van der Waals surface area contributed by atoms with Crippen LogP contribution in [0.4, 0.5) is 10.1 Å². The molecule has 35 heavy (non-hydrogen) atoms. The molecule has 1 saturated heterocycles. The lowest BCUT2D eigenvalue weighted by Crippen LogP contribution is -2.45. The largest absolute Gasteiger partial charge is 0.368 e. The van der Waals surface area contributed by atoms with Crippen molar-refractivity contribution < 1.29 is 4.39 Å². The Morgan fingerprint density at radius 3 is 2.57 bits per heavy atom. The second-order valence-electron chi connectivity index (χ2n) is 9.78. The Kier molecular flexibility index (Phi) is 7.96. The van der Waals surface area contributed by atoms with Crippen LogP contribution in [0.15, 0.2) is 42.9 Å². The van der Waals surface area contributed by atoms with E-state index in [1.165, 1.54) is 44.5 Å². The van der Waals surface area contributed by atoms with E-state index >= 15 is 0 Å². The lowest BCUT2D eigenvalue weighted by atomic mass is 10.0. The van der Waals surface area contributed by atoms with Gasteiger partial charge in [0.15, 0.2) is 5.65 Å². The minimum atomic E-state index is -0.275. The van der Waals surface area contributed by atoms with Gasteiger partial charge >= 0.3 is 0 Å². The van der Waals surface area contributed by atoms with E-state index < -0.39 is 0 Å². The molecule has 0 radical (unpaired) electrons. The molecule has 0 spiro atoms. The first-order valence-electron chi connectivity index (χ1n) is 12.7. The van der Waals surface area contributed by atoms with Gasteiger partial charge in [-0.25, -0.2) is 13.9 Å². The average Bonchev–Trinajstić information content (AvgIpc) is 3.24. The molecule has 6 nitrogen and oxygen atoms in total. The third-order valence-corrected chi connectivity index (χ3v) is 6.46. The lowest BCUT2D eigenvalue weighted by molar-refractivity contribution is 0.329. The Bertz CT molecular complexity index is 1280.